The van der Waals surface area contributed by atoms with Gasteiger partial charge in [0.15, 0.2) is 0 Å². The average Bonchev–Trinajstić information content (AvgIpc) is 2.58. The molecular weight excluding hydrogens is 325 g/mol. The third kappa shape index (κ3) is 4.44. The van der Waals surface area contributed by atoms with Crippen molar-refractivity contribution in [3.8, 4) is 0 Å². The van der Waals surface area contributed by atoms with Crippen LogP contribution < -0.4 is 0 Å². The van der Waals surface area contributed by atoms with Gasteiger partial charge in [-0.3, -0.25) is 19.3 Å². The molecule has 1 aromatic rings. The average molecular weight is 349 g/mol. The number of esters is 1. The molecule has 2 atom stereocenters. The van der Waals surface area contributed by atoms with Crippen LogP contribution in [0.15, 0.2) is 24.3 Å². The van der Waals surface area contributed by atoms with Gasteiger partial charge in [0.2, 0.25) is 11.8 Å². The molecule has 0 aliphatic carbocycles. The molecule has 2 rings (SSSR count). The van der Waals surface area contributed by atoms with Crippen molar-refractivity contribution < 1.29 is 23.5 Å². The van der Waals surface area contributed by atoms with Crippen molar-refractivity contribution in [2.75, 3.05) is 13.2 Å². The van der Waals surface area contributed by atoms with Crippen LogP contribution >= 0.6 is 0 Å². The van der Waals surface area contributed by atoms with Gasteiger partial charge in [-0.2, -0.15) is 0 Å². The van der Waals surface area contributed by atoms with E-state index in [-0.39, 0.29) is 18.9 Å². The largest absolute Gasteiger partial charge is 0.465 e. The van der Waals surface area contributed by atoms with E-state index >= 15 is 0 Å². The fraction of sp³-hybridized carbons (Fsp3) is 0.526. The predicted octanol–water partition coefficient (Wildman–Crippen LogP) is 3.04. The summed E-state index contributed by atoms with van der Waals surface area (Å²) in [5.74, 6) is -3.54. The molecule has 0 bridgehead atoms. The number of amides is 2. The molecular formula is C19H24FNO4. The summed E-state index contributed by atoms with van der Waals surface area (Å²) in [5.41, 5.74) is 0.592. The maximum Gasteiger partial charge on any atom is 0.319 e. The summed E-state index contributed by atoms with van der Waals surface area (Å²) < 4.78 is 18.2. The van der Waals surface area contributed by atoms with Crippen molar-refractivity contribution in [3.05, 3.63) is 35.6 Å². The molecule has 136 valence electrons. The highest BCUT2D eigenvalue weighted by atomic mass is 19.1. The van der Waals surface area contributed by atoms with E-state index in [1.54, 1.807) is 6.92 Å². The lowest BCUT2D eigenvalue weighted by Crippen LogP contribution is -2.51. The maximum absolute atomic E-state index is 13.2. The molecule has 1 aliphatic heterocycles. The van der Waals surface area contributed by atoms with Crippen LogP contribution in [0.3, 0.4) is 0 Å². The number of hydrogen-bond acceptors (Lipinski definition) is 4. The van der Waals surface area contributed by atoms with Gasteiger partial charge in [0.25, 0.3) is 0 Å². The molecule has 1 saturated heterocycles. The van der Waals surface area contributed by atoms with Crippen molar-refractivity contribution >= 4 is 17.8 Å². The van der Waals surface area contributed by atoms with Gasteiger partial charge < -0.3 is 4.74 Å². The van der Waals surface area contributed by atoms with E-state index in [0.717, 1.165) is 12.8 Å². The number of ether oxygens (including phenoxy) is 1. The first kappa shape index (κ1) is 19.1. The lowest BCUT2D eigenvalue weighted by molar-refractivity contribution is -0.163. The Labute approximate surface area is 147 Å². The van der Waals surface area contributed by atoms with Crippen molar-refractivity contribution in [1.82, 2.24) is 4.90 Å². The number of likely N-dealkylation sites (tertiary alicyclic amines) is 1. The number of benzene rings is 1. The normalized spacial score (nSPS) is 20.7. The second-order valence-corrected chi connectivity index (χ2v) is 6.18. The Morgan fingerprint density at radius 1 is 1.20 bits per heavy atom. The lowest BCUT2D eigenvalue weighted by atomic mass is 9.79. The third-order valence-corrected chi connectivity index (χ3v) is 4.45. The molecule has 1 heterocycles. The first-order chi connectivity index (χ1) is 12.0. The number of rotatable bonds is 7. The van der Waals surface area contributed by atoms with Gasteiger partial charge in [-0.05, 0) is 31.0 Å². The minimum atomic E-state index is -1.07. The Morgan fingerprint density at radius 2 is 1.88 bits per heavy atom. The van der Waals surface area contributed by atoms with Crippen molar-refractivity contribution in [1.29, 1.82) is 0 Å². The maximum atomic E-state index is 13.2. The van der Waals surface area contributed by atoms with Crippen LogP contribution in [0.1, 0.15) is 51.0 Å². The summed E-state index contributed by atoms with van der Waals surface area (Å²) in [6, 6.07) is 5.55. The SMILES string of the molecule is CCCCCN1C(=O)CC(c2ccc(F)cc2)C(C(=O)OCC)C1=O. The standard InChI is InChI=1S/C19H24FNO4/c1-3-5-6-11-21-16(22)12-15(13-7-9-14(20)10-8-13)17(18(21)23)19(24)25-4-2/h7-10,15,17H,3-6,11-12H2,1-2H3. The molecule has 0 saturated carbocycles. The fourth-order valence-corrected chi connectivity index (χ4v) is 3.15. The molecule has 6 heteroatoms. The number of piperidine rings is 1. The highest BCUT2D eigenvalue weighted by Crippen LogP contribution is 2.35. The molecule has 0 N–H and O–H groups in total. The van der Waals surface area contributed by atoms with Crippen LogP contribution in [0.5, 0.6) is 0 Å². The van der Waals surface area contributed by atoms with Crippen molar-refractivity contribution in [3.63, 3.8) is 0 Å². The van der Waals surface area contributed by atoms with E-state index < -0.39 is 29.5 Å². The summed E-state index contributed by atoms with van der Waals surface area (Å²) in [6.45, 7) is 4.17. The van der Waals surface area contributed by atoms with Crippen LogP contribution in [-0.2, 0) is 19.1 Å². The van der Waals surface area contributed by atoms with Crippen molar-refractivity contribution in [2.24, 2.45) is 5.92 Å². The van der Waals surface area contributed by atoms with E-state index in [2.05, 4.69) is 0 Å². The third-order valence-electron chi connectivity index (χ3n) is 4.45. The van der Waals surface area contributed by atoms with E-state index in [4.69, 9.17) is 4.74 Å². The minimum Gasteiger partial charge on any atom is -0.465 e. The zero-order chi connectivity index (χ0) is 18.4. The van der Waals surface area contributed by atoms with E-state index in [1.165, 1.54) is 29.2 Å². The number of hydrogen-bond donors (Lipinski definition) is 0. The Hall–Kier alpha value is -2.24. The highest BCUT2D eigenvalue weighted by molar-refractivity contribution is 6.08. The van der Waals surface area contributed by atoms with Crippen LogP contribution in [0, 0.1) is 11.7 Å². The van der Waals surface area contributed by atoms with Gasteiger partial charge in [-0.1, -0.05) is 31.9 Å². The van der Waals surface area contributed by atoms with Gasteiger partial charge in [-0.25, -0.2) is 4.39 Å². The topological polar surface area (TPSA) is 63.7 Å². The first-order valence-electron chi connectivity index (χ1n) is 8.75. The summed E-state index contributed by atoms with van der Waals surface area (Å²) in [7, 11) is 0. The number of imide groups is 1. The quantitative estimate of drug-likeness (QED) is 0.328. The summed E-state index contributed by atoms with van der Waals surface area (Å²) in [5, 5.41) is 0. The molecule has 0 spiro atoms. The second kappa shape index (κ2) is 8.74. The molecule has 1 aromatic carbocycles. The predicted molar refractivity (Wildman–Crippen MR) is 90.1 cm³/mol. The molecule has 2 amide bonds. The Kier molecular flexibility index (Phi) is 6.67. The monoisotopic (exact) mass is 349 g/mol. The van der Waals surface area contributed by atoms with Crippen LogP contribution in [0.4, 0.5) is 4.39 Å². The second-order valence-electron chi connectivity index (χ2n) is 6.18. The van der Waals surface area contributed by atoms with E-state index in [9.17, 15) is 18.8 Å². The van der Waals surface area contributed by atoms with Crippen LogP contribution in [-0.4, -0.2) is 35.8 Å². The molecule has 2 unspecified atom stereocenters. The lowest BCUT2D eigenvalue weighted by Gasteiger charge is -2.35. The highest BCUT2D eigenvalue weighted by Gasteiger charge is 2.46. The van der Waals surface area contributed by atoms with Crippen LogP contribution in [0.2, 0.25) is 0 Å². The molecule has 0 radical (unpaired) electrons. The number of halogens is 1. The number of carbonyl (C=O) groups excluding carboxylic acids is 3. The Bertz CT molecular complexity index is 629. The van der Waals surface area contributed by atoms with Gasteiger partial charge in [0, 0.05) is 18.9 Å². The molecule has 0 aromatic heterocycles. The Balaban J connectivity index is 2.29. The summed E-state index contributed by atoms with van der Waals surface area (Å²) in [6.07, 6.45) is 2.62. The zero-order valence-electron chi connectivity index (χ0n) is 14.7. The molecule has 1 fully saturated rings. The number of unbranched alkanes of at least 4 members (excludes halogenated alkanes) is 2. The van der Waals surface area contributed by atoms with Gasteiger partial charge in [-0.15, -0.1) is 0 Å². The smallest absolute Gasteiger partial charge is 0.319 e. The zero-order valence-corrected chi connectivity index (χ0v) is 14.7. The molecule has 5 nitrogen and oxygen atoms in total. The fourth-order valence-electron chi connectivity index (χ4n) is 3.15. The molecule has 1 aliphatic rings. The van der Waals surface area contributed by atoms with Crippen molar-refractivity contribution in [2.45, 2.75) is 45.4 Å². The summed E-state index contributed by atoms with van der Waals surface area (Å²) >= 11 is 0. The van der Waals surface area contributed by atoms with Crippen LogP contribution in [0.25, 0.3) is 0 Å². The van der Waals surface area contributed by atoms with Gasteiger partial charge >= 0.3 is 5.97 Å². The first-order valence-corrected chi connectivity index (χ1v) is 8.75. The Morgan fingerprint density at radius 3 is 2.48 bits per heavy atom. The summed E-state index contributed by atoms with van der Waals surface area (Å²) in [4.78, 5) is 38.8. The minimum absolute atomic E-state index is 0.0347. The molecule has 25 heavy (non-hydrogen) atoms. The number of nitrogens with zero attached hydrogens (tertiary/aromatic N) is 1. The van der Waals surface area contributed by atoms with Gasteiger partial charge in [0.05, 0.1) is 6.61 Å². The van der Waals surface area contributed by atoms with E-state index in [0.29, 0.717) is 18.5 Å². The van der Waals surface area contributed by atoms with E-state index in [1.807, 2.05) is 6.92 Å². The van der Waals surface area contributed by atoms with Gasteiger partial charge in [0.1, 0.15) is 11.7 Å². The number of carbonyl (C=O) groups is 3.